The van der Waals surface area contributed by atoms with Crippen molar-refractivity contribution in [2.45, 2.75) is 6.36 Å². The second-order valence-corrected chi connectivity index (χ2v) is 1.52. The molecule has 0 fully saturated rings. The summed E-state index contributed by atoms with van der Waals surface area (Å²) in [4.78, 5) is 4.14. The largest absolute Gasteiger partial charge is 0.572 e. The molecule has 0 aromatic heterocycles. The van der Waals surface area contributed by atoms with Crippen LogP contribution in [0.4, 0.5) is 13.2 Å². The summed E-state index contributed by atoms with van der Waals surface area (Å²) in [6.45, 7) is -0.181. The third kappa shape index (κ3) is 2.14. The van der Waals surface area contributed by atoms with Gasteiger partial charge in [0, 0.05) is 0 Å². The van der Waals surface area contributed by atoms with Crippen LogP contribution in [0.2, 0.25) is 0 Å². The fourth-order valence-corrected chi connectivity index (χ4v) is 0.439. The van der Waals surface area contributed by atoms with Crippen LogP contribution in [0.25, 0.3) is 0 Å². The second-order valence-electron chi connectivity index (χ2n) is 1.52. The molecule has 0 N–H and O–H groups in total. The van der Waals surface area contributed by atoms with Crippen molar-refractivity contribution in [2.75, 3.05) is 6.54 Å². The quantitative estimate of drug-likeness (QED) is 0.562. The summed E-state index contributed by atoms with van der Waals surface area (Å²) >= 11 is 0. The van der Waals surface area contributed by atoms with Crippen LogP contribution >= 0.6 is 0 Å². The van der Waals surface area contributed by atoms with Gasteiger partial charge in [0.25, 0.3) is 0 Å². The molecule has 1 heterocycles. The van der Waals surface area contributed by atoms with Gasteiger partial charge in [0.05, 0.1) is 0 Å². The fraction of sp³-hybridized carbons (Fsp3) is 0.500. The maximum atomic E-state index is 11.3. The third-order valence-electron chi connectivity index (χ3n) is 0.726. The number of halogens is 3. The van der Waals surface area contributed by atoms with Crippen molar-refractivity contribution in [1.29, 1.82) is 0 Å². The van der Waals surface area contributed by atoms with Crippen LogP contribution in [0.15, 0.2) is 12.0 Å². The molecule has 0 bridgehead atoms. The van der Waals surface area contributed by atoms with E-state index in [9.17, 15) is 13.2 Å². The standard InChI is InChI=1S/C4H3F3NO2/c5-4(6,7)10-3-1-8-9-2-3/h2H,1H2. The first kappa shape index (κ1) is 7.20. The van der Waals surface area contributed by atoms with E-state index >= 15 is 0 Å². The van der Waals surface area contributed by atoms with Gasteiger partial charge >= 0.3 is 6.36 Å². The zero-order valence-corrected chi connectivity index (χ0v) is 4.68. The van der Waals surface area contributed by atoms with Crippen molar-refractivity contribution >= 4 is 0 Å². The predicted octanol–water partition coefficient (Wildman–Crippen LogP) is 0.914. The molecule has 0 aliphatic carbocycles. The monoisotopic (exact) mass is 154 g/mol. The van der Waals surface area contributed by atoms with Gasteiger partial charge in [-0.1, -0.05) is 0 Å². The number of ether oxygens (including phenoxy) is 1. The summed E-state index contributed by atoms with van der Waals surface area (Å²) in [5, 5.41) is 0. The molecule has 3 nitrogen and oxygen atoms in total. The molecule has 10 heavy (non-hydrogen) atoms. The van der Waals surface area contributed by atoms with E-state index in [0.717, 1.165) is 6.26 Å². The summed E-state index contributed by atoms with van der Waals surface area (Å²) in [6.07, 6.45) is -3.83. The van der Waals surface area contributed by atoms with E-state index in [1.165, 1.54) is 0 Å². The zero-order valence-electron chi connectivity index (χ0n) is 4.68. The number of alkyl halides is 3. The number of hydrogen-bond acceptors (Lipinski definition) is 2. The smallest absolute Gasteiger partial charge is 0.405 e. The van der Waals surface area contributed by atoms with Gasteiger partial charge in [-0.05, 0) is 5.48 Å². The lowest BCUT2D eigenvalue weighted by atomic mass is 10.6. The van der Waals surface area contributed by atoms with Crippen LogP contribution in [-0.2, 0) is 9.57 Å². The first-order valence-corrected chi connectivity index (χ1v) is 2.35. The maximum absolute atomic E-state index is 11.3. The van der Waals surface area contributed by atoms with E-state index in [0.29, 0.717) is 0 Å². The fourth-order valence-electron chi connectivity index (χ4n) is 0.439. The van der Waals surface area contributed by atoms with Crippen molar-refractivity contribution in [3.63, 3.8) is 0 Å². The van der Waals surface area contributed by atoms with Gasteiger partial charge in [0.1, 0.15) is 6.54 Å². The van der Waals surface area contributed by atoms with E-state index < -0.39 is 6.36 Å². The second kappa shape index (κ2) is 2.37. The Bertz CT molecular complexity index is 153. The molecule has 0 amide bonds. The van der Waals surface area contributed by atoms with Gasteiger partial charge in [-0.25, -0.2) is 0 Å². The molecule has 6 heteroatoms. The van der Waals surface area contributed by atoms with Crippen LogP contribution < -0.4 is 5.48 Å². The average molecular weight is 154 g/mol. The van der Waals surface area contributed by atoms with Gasteiger partial charge in [-0.2, -0.15) is 0 Å². The molecule has 0 spiro atoms. The zero-order chi connectivity index (χ0) is 7.61. The van der Waals surface area contributed by atoms with Crippen LogP contribution in [0.5, 0.6) is 0 Å². The summed E-state index contributed by atoms with van der Waals surface area (Å²) in [5.74, 6) is -0.326. The van der Waals surface area contributed by atoms with E-state index in [4.69, 9.17) is 0 Å². The van der Waals surface area contributed by atoms with Gasteiger partial charge < -0.3 is 9.57 Å². The van der Waals surface area contributed by atoms with Crippen molar-refractivity contribution in [1.82, 2.24) is 5.48 Å². The Balaban J connectivity index is 2.38. The Kier molecular flexibility index (Phi) is 1.71. The predicted molar refractivity (Wildman–Crippen MR) is 23.3 cm³/mol. The molecule has 1 aliphatic rings. The first-order valence-electron chi connectivity index (χ1n) is 2.35. The highest BCUT2D eigenvalue weighted by atomic mass is 19.4. The highest BCUT2D eigenvalue weighted by Gasteiger charge is 2.33. The lowest BCUT2D eigenvalue weighted by molar-refractivity contribution is -0.305. The van der Waals surface area contributed by atoms with Crippen LogP contribution in [-0.4, -0.2) is 12.9 Å². The van der Waals surface area contributed by atoms with E-state index in [1.54, 1.807) is 0 Å². The van der Waals surface area contributed by atoms with Gasteiger partial charge in [-0.15, -0.1) is 13.2 Å². The molecule has 0 unspecified atom stereocenters. The lowest BCUT2D eigenvalue weighted by Gasteiger charge is -2.05. The third-order valence-corrected chi connectivity index (χ3v) is 0.726. The van der Waals surface area contributed by atoms with Crippen molar-refractivity contribution in [2.24, 2.45) is 0 Å². The molecule has 0 saturated carbocycles. The van der Waals surface area contributed by atoms with E-state index in [2.05, 4.69) is 15.1 Å². The minimum absolute atomic E-state index is 0.181. The van der Waals surface area contributed by atoms with Crippen LogP contribution in [0.1, 0.15) is 0 Å². The van der Waals surface area contributed by atoms with E-state index in [1.807, 2.05) is 0 Å². The molecule has 1 rings (SSSR count). The minimum atomic E-state index is -4.64. The van der Waals surface area contributed by atoms with Gasteiger partial charge in [0.15, 0.2) is 12.0 Å². The molecular weight excluding hydrogens is 151 g/mol. The van der Waals surface area contributed by atoms with Crippen molar-refractivity contribution < 1.29 is 22.7 Å². The van der Waals surface area contributed by atoms with Gasteiger partial charge in [0.2, 0.25) is 0 Å². The Morgan fingerprint density at radius 1 is 1.60 bits per heavy atom. The molecule has 0 atom stereocenters. The molecular formula is C4H3F3NO2. The summed E-state index contributed by atoms with van der Waals surface area (Å²) in [6, 6.07) is 0. The first-order chi connectivity index (χ1) is 4.58. The number of hydroxylamine groups is 1. The summed E-state index contributed by atoms with van der Waals surface area (Å²) in [5.41, 5.74) is 3.13. The normalized spacial score (nSPS) is 18.1. The summed E-state index contributed by atoms with van der Waals surface area (Å²) < 4.78 is 37.5. The van der Waals surface area contributed by atoms with Gasteiger partial charge in [-0.3, -0.25) is 0 Å². The number of hydrogen-bond donors (Lipinski definition) is 0. The topological polar surface area (TPSA) is 32.6 Å². The molecule has 0 aromatic carbocycles. The Hall–Kier alpha value is -0.910. The minimum Gasteiger partial charge on any atom is -0.405 e. The molecule has 0 saturated heterocycles. The number of rotatable bonds is 1. The van der Waals surface area contributed by atoms with Crippen LogP contribution in [0, 0.1) is 0 Å². The molecule has 1 aliphatic heterocycles. The Morgan fingerprint density at radius 2 is 2.30 bits per heavy atom. The van der Waals surface area contributed by atoms with E-state index in [-0.39, 0.29) is 12.3 Å². The van der Waals surface area contributed by atoms with Crippen molar-refractivity contribution in [3.8, 4) is 0 Å². The van der Waals surface area contributed by atoms with Crippen molar-refractivity contribution in [3.05, 3.63) is 12.0 Å². The number of nitrogens with zero attached hydrogens (tertiary/aromatic N) is 1. The Labute approximate surface area is 54.4 Å². The molecule has 0 aromatic rings. The highest BCUT2D eigenvalue weighted by molar-refractivity contribution is 4.92. The van der Waals surface area contributed by atoms with Crippen LogP contribution in [0.3, 0.4) is 0 Å². The SMILES string of the molecule is FC(F)(F)OC1=CO[N]C1. The molecule has 57 valence electrons. The lowest BCUT2D eigenvalue weighted by Crippen LogP contribution is -2.14. The maximum Gasteiger partial charge on any atom is 0.572 e. The Morgan fingerprint density at radius 3 is 2.70 bits per heavy atom. The molecule has 1 radical (unpaired) electrons. The summed E-state index contributed by atoms with van der Waals surface area (Å²) in [7, 11) is 0. The highest BCUT2D eigenvalue weighted by Crippen LogP contribution is 2.21. The average Bonchev–Trinajstić information content (AvgIpc) is 2.12.